The summed E-state index contributed by atoms with van der Waals surface area (Å²) >= 11 is 1.62. The highest BCUT2D eigenvalue weighted by Gasteiger charge is 2.12. The van der Waals surface area contributed by atoms with E-state index in [0.717, 1.165) is 46.0 Å². The summed E-state index contributed by atoms with van der Waals surface area (Å²) in [6.07, 6.45) is 6.40. The van der Waals surface area contributed by atoms with Gasteiger partial charge in [0, 0.05) is 25.0 Å². The van der Waals surface area contributed by atoms with Crippen LogP contribution in [-0.4, -0.2) is 21.5 Å². The standard InChI is InChI=1S/C21H21N5OS/c1-2-8-23-11-14-3-5-16(25-12-14)19-10-17-21(28-19)18(7-9-24-17)27-15-4-6-20(22)26-13-15/h3-7,9-10,12-13,23H,2,8,11H2,1H3,(H2,22,26). The molecular formula is C21H21N5OS. The van der Waals surface area contributed by atoms with E-state index in [4.69, 9.17) is 10.5 Å². The first-order chi connectivity index (χ1) is 13.7. The van der Waals surface area contributed by atoms with Crippen molar-refractivity contribution in [2.75, 3.05) is 12.3 Å². The minimum Gasteiger partial charge on any atom is -0.454 e. The molecule has 0 aliphatic heterocycles. The van der Waals surface area contributed by atoms with Crippen molar-refractivity contribution >= 4 is 27.4 Å². The van der Waals surface area contributed by atoms with Gasteiger partial charge in [0.05, 0.1) is 27.0 Å². The normalized spacial score (nSPS) is 11.0. The molecule has 0 unspecified atom stereocenters. The first-order valence-electron chi connectivity index (χ1n) is 9.17. The molecular weight excluding hydrogens is 370 g/mol. The van der Waals surface area contributed by atoms with Crippen LogP contribution in [0.25, 0.3) is 20.8 Å². The summed E-state index contributed by atoms with van der Waals surface area (Å²) in [6, 6.07) is 11.6. The summed E-state index contributed by atoms with van der Waals surface area (Å²) in [5.41, 5.74) is 8.63. The molecule has 142 valence electrons. The molecule has 4 aromatic rings. The van der Waals surface area contributed by atoms with Crippen LogP contribution in [-0.2, 0) is 6.54 Å². The van der Waals surface area contributed by atoms with E-state index in [9.17, 15) is 0 Å². The number of ether oxygens (including phenoxy) is 1. The molecule has 7 heteroatoms. The largest absolute Gasteiger partial charge is 0.454 e. The number of nitrogens with one attached hydrogen (secondary N) is 1. The fraction of sp³-hybridized carbons (Fsp3) is 0.190. The minimum absolute atomic E-state index is 0.463. The third-order valence-electron chi connectivity index (χ3n) is 4.20. The molecule has 0 aliphatic rings. The molecule has 6 nitrogen and oxygen atoms in total. The second-order valence-electron chi connectivity index (χ2n) is 6.38. The number of anilines is 1. The zero-order chi connectivity index (χ0) is 19.3. The van der Waals surface area contributed by atoms with Gasteiger partial charge in [-0.15, -0.1) is 11.3 Å². The van der Waals surface area contributed by atoms with Crippen molar-refractivity contribution in [2.45, 2.75) is 19.9 Å². The molecule has 28 heavy (non-hydrogen) atoms. The van der Waals surface area contributed by atoms with E-state index in [1.807, 2.05) is 18.3 Å². The summed E-state index contributed by atoms with van der Waals surface area (Å²) in [6.45, 7) is 4.00. The minimum atomic E-state index is 0.463. The van der Waals surface area contributed by atoms with Crippen molar-refractivity contribution < 1.29 is 4.74 Å². The quantitative estimate of drug-likeness (QED) is 0.447. The smallest absolute Gasteiger partial charge is 0.148 e. The van der Waals surface area contributed by atoms with Gasteiger partial charge in [0.25, 0.3) is 0 Å². The van der Waals surface area contributed by atoms with E-state index in [-0.39, 0.29) is 0 Å². The number of hydrogen-bond donors (Lipinski definition) is 2. The summed E-state index contributed by atoms with van der Waals surface area (Å²) in [4.78, 5) is 14.2. The van der Waals surface area contributed by atoms with Gasteiger partial charge in [-0.05, 0) is 42.8 Å². The molecule has 0 aliphatic carbocycles. The van der Waals surface area contributed by atoms with Crippen LogP contribution in [0.4, 0.5) is 5.82 Å². The number of rotatable bonds is 7. The molecule has 0 bridgehead atoms. The maximum absolute atomic E-state index is 5.99. The number of nitrogens with two attached hydrogens (primary N) is 1. The van der Waals surface area contributed by atoms with Gasteiger partial charge in [0.15, 0.2) is 0 Å². The van der Waals surface area contributed by atoms with Gasteiger partial charge in [-0.1, -0.05) is 13.0 Å². The average Bonchev–Trinajstić information content (AvgIpc) is 3.16. The summed E-state index contributed by atoms with van der Waals surface area (Å²) in [5, 5.41) is 3.39. The van der Waals surface area contributed by atoms with Gasteiger partial charge in [0.1, 0.15) is 17.3 Å². The Morgan fingerprint density at radius 1 is 1.07 bits per heavy atom. The number of thiophene rings is 1. The number of nitrogen functional groups attached to an aromatic ring is 1. The third-order valence-corrected chi connectivity index (χ3v) is 5.36. The number of pyridine rings is 3. The van der Waals surface area contributed by atoms with E-state index < -0.39 is 0 Å². The van der Waals surface area contributed by atoms with E-state index >= 15 is 0 Å². The summed E-state index contributed by atoms with van der Waals surface area (Å²) < 4.78 is 6.97. The first kappa shape index (κ1) is 18.3. The van der Waals surface area contributed by atoms with Crippen LogP contribution in [0.5, 0.6) is 11.5 Å². The van der Waals surface area contributed by atoms with Gasteiger partial charge < -0.3 is 15.8 Å². The molecule has 0 fully saturated rings. The maximum atomic E-state index is 5.99. The lowest BCUT2D eigenvalue weighted by Crippen LogP contribution is -2.13. The molecule has 3 N–H and O–H groups in total. The third kappa shape index (κ3) is 4.11. The topological polar surface area (TPSA) is 86.0 Å². The van der Waals surface area contributed by atoms with Crippen LogP contribution in [0.2, 0.25) is 0 Å². The van der Waals surface area contributed by atoms with Crippen molar-refractivity contribution in [1.29, 1.82) is 0 Å². The van der Waals surface area contributed by atoms with Gasteiger partial charge in [0.2, 0.25) is 0 Å². The van der Waals surface area contributed by atoms with E-state index in [2.05, 4.69) is 39.3 Å². The maximum Gasteiger partial charge on any atom is 0.148 e. The molecule has 0 radical (unpaired) electrons. The Balaban J connectivity index is 1.58. The van der Waals surface area contributed by atoms with Crippen molar-refractivity contribution in [1.82, 2.24) is 20.3 Å². The van der Waals surface area contributed by atoms with Gasteiger partial charge >= 0.3 is 0 Å². The number of aromatic nitrogens is 3. The predicted octanol–water partition coefficient (Wildman–Crippen LogP) is 4.63. The Morgan fingerprint density at radius 3 is 2.75 bits per heavy atom. The highest BCUT2D eigenvalue weighted by Crippen LogP contribution is 2.38. The highest BCUT2D eigenvalue weighted by molar-refractivity contribution is 7.22. The summed E-state index contributed by atoms with van der Waals surface area (Å²) in [5.74, 6) is 1.84. The molecule has 0 saturated heterocycles. The van der Waals surface area contributed by atoms with Gasteiger partial charge in [-0.3, -0.25) is 9.97 Å². The second kappa shape index (κ2) is 8.33. The van der Waals surface area contributed by atoms with Crippen LogP contribution < -0.4 is 15.8 Å². The predicted molar refractivity (Wildman–Crippen MR) is 114 cm³/mol. The lowest BCUT2D eigenvalue weighted by atomic mass is 10.2. The van der Waals surface area contributed by atoms with Crippen LogP contribution in [0.15, 0.2) is 55.0 Å². The Morgan fingerprint density at radius 2 is 2.00 bits per heavy atom. The molecule has 0 amide bonds. The van der Waals surface area contributed by atoms with Crippen LogP contribution in [0.3, 0.4) is 0 Å². The van der Waals surface area contributed by atoms with E-state index in [1.165, 1.54) is 5.56 Å². The van der Waals surface area contributed by atoms with Crippen molar-refractivity contribution in [3.05, 3.63) is 60.6 Å². The monoisotopic (exact) mass is 391 g/mol. The van der Waals surface area contributed by atoms with Crippen molar-refractivity contribution in [2.24, 2.45) is 0 Å². The van der Waals surface area contributed by atoms with Crippen molar-refractivity contribution in [3.63, 3.8) is 0 Å². The van der Waals surface area contributed by atoms with E-state index in [1.54, 1.807) is 35.9 Å². The lowest BCUT2D eigenvalue weighted by Gasteiger charge is -2.06. The molecule has 4 heterocycles. The number of nitrogens with zero attached hydrogens (tertiary/aromatic N) is 3. The van der Waals surface area contributed by atoms with Crippen LogP contribution >= 0.6 is 11.3 Å². The summed E-state index contributed by atoms with van der Waals surface area (Å²) in [7, 11) is 0. The van der Waals surface area contributed by atoms with E-state index in [0.29, 0.717) is 11.6 Å². The fourth-order valence-corrected chi connectivity index (χ4v) is 3.83. The fourth-order valence-electron chi connectivity index (χ4n) is 2.78. The van der Waals surface area contributed by atoms with Crippen molar-refractivity contribution in [3.8, 4) is 22.1 Å². The molecule has 0 saturated carbocycles. The molecule has 0 spiro atoms. The van der Waals surface area contributed by atoms with Crippen LogP contribution in [0, 0.1) is 0 Å². The molecule has 4 aromatic heterocycles. The molecule has 0 aromatic carbocycles. The zero-order valence-electron chi connectivity index (χ0n) is 15.6. The van der Waals surface area contributed by atoms with Gasteiger partial charge in [-0.25, -0.2) is 4.98 Å². The zero-order valence-corrected chi connectivity index (χ0v) is 16.4. The molecule has 4 rings (SSSR count). The molecule has 0 atom stereocenters. The highest BCUT2D eigenvalue weighted by atomic mass is 32.1. The number of fused-ring (bicyclic) bond motifs is 1. The number of hydrogen-bond acceptors (Lipinski definition) is 7. The SMILES string of the molecule is CCCNCc1ccc(-c2cc3nccc(Oc4ccc(N)nc4)c3s2)nc1. The second-order valence-corrected chi connectivity index (χ2v) is 7.44. The van der Waals surface area contributed by atoms with Crippen LogP contribution in [0.1, 0.15) is 18.9 Å². The first-order valence-corrected chi connectivity index (χ1v) is 9.98. The lowest BCUT2D eigenvalue weighted by molar-refractivity contribution is 0.486. The Kier molecular flexibility index (Phi) is 5.45. The average molecular weight is 392 g/mol. The Labute approximate surface area is 167 Å². The van der Waals surface area contributed by atoms with Gasteiger partial charge in [-0.2, -0.15) is 0 Å². The Bertz CT molecular complexity index is 1060. The Hall–Kier alpha value is -3.03.